The van der Waals surface area contributed by atoms with Crippen molar-refractivity contribution in [3.63, 3.8) is 0 Å². The molecular formula is C17H18N4OS. The van der Waals surface area contributed by atoms with Crippen LogP contribution in [-0.4, -0.2) is 19.5 Å². The van der Waals surface area contributed by atoms with Gasteiger partial charge in [-0.1, -0.05) is 32.9 Å². The van der Waals surface area contributed by atoms with E-state index in [2.05, 4.69) is 35.7 Å². The van der Waals surface area contributed by atoms with Crippen LogP contribution in [0.4, 0.5) is 0 Å². The third-order valence-corrected chi connectivity index (χ3v) is 4.42. The molecule has 5 nitrogen and oxygen atoms in total. The lowest BCUT2D eigenvalue weighted by atomic mass is 9.96. The average molecular weight is 326 g/mol. The summed E-state index contributed by atoms with van der Waals surface area (Å²) in [7, 11) is 1.73. The van der Waals surface area contributed by atoms with Gasteiger partial charge < -0.3 is 0 Å². The predicted molar refractivity (Wildman–Crippen MR) is 91.8 cm³/mol. The molecule has 0 aliphatic carbocycles. The van der Waals surface area contributed by atoms with E-state index >= 15 is 0 Å². The number of para-hydroxylation sites is 1. The van der Waals surface area contributed by atoms with Crippen LogP contribution in [0.5, 0.6) is 0 Å². The maximum Gasteiger partial charge on any atom is 0.261 e. The number of hydrogen-bond acceptors (Lipinski definition) is 5. The van der Waals surface area contributed by atoms with Crippen molar-refractivity contribution in [2.45, 2.75) is 36.4 Å². The van der Waals surface area contributed by atoms with E-state index in [4.69, 9.17) is 0 Å². The summed E-state index contributed by atoms with van der Waals surface area (Å²) in [5.74, 6) is 0.772. The molecule has 0 atom stereocenters. The number of aromatic nitrogens is 4. The molecule has 0 N–H and O–H groups in total. The van der Waals surface area contributed by atoms with Gasteiger partial charge in [-0.2, -0.15) is 0 Å². The van der Waals surface area contributed by atoms with Crippen LogP contribution in [0.15, 0.2) is 51.5 Å². The lowest BCUT2D eigenvalue weighted by molar-refractivity contribution is 0.538. The number of nitrogens with zero attached hydrogens (tertiary/aromatic N) is 4. The van der Waals surface area contributed by atoms with Crippen LogP contribution in [0.2, 0.25) is 0 Å². The van der Waals surface area contributed by atoms with Crippen LogP contribution in [-0.2, 0) is 12.5 Å². The van der Waals surface area contributed by atoms with Gasteiger partial charge in [0.15, 0.2) is 5.16 Å². The molecule has 0 fully saturated rings. The van der Waals surface area contributed by atoms with Gasteiger partial charge in [-0.25, -0.2) is 15.0 Å². The fraction of sp³-hybridized carbons (Fsp3) is 0.294. The average Bonchev–Trinajstić information content (AvgIpc) is 2.52. The highest BCUT2D eigenvalue weighted by Crippen LogP contribution is 2.26. The van der Waals surface area contributed by atoms with E-state index in [1.165, 1.54) is 11.8 Å². The Balaban J connectivity index is 2.06. The van der Waals surface area contributed by atoms with Crippen LogP contribution < -0.4 is 5.56 Å². The van der Waals surface area contributed by atoms with Crippen LogP contribution in [0.3, 0.4) is 0 Å². The Morgan fingerprint density at radius 3 is 2.57 bits per heavy atom. The van der Waals surface area contributed by atoms with Crippen molar-refractivity contribution < 1.29 is 0 Å². The van der Waals surface area contributed by atoms with Crippen LogP contribution >= 0.6 is 11.8 Å². The third-order valence-electron chi connectivity index (χ3n) is 3.44. The van der Waals surface area contributed by atoms with Crippen molar-refractivity contribution in [1.29, 1.82) is 0 Å². The number of benzene rings is 1. The molecule has 0 unspecified atom stereocenters. The molecule has 3 rings (SSSR count). The molecule has 23 heavy (non-hydrogen) atoms. The topological polar surface area (TPSA) is 60.7 Å². The molecule has 0 bridgehead atoms. The van der Waals surface area contributed by atoms with Gasteiger partial charge in [-0.3, -0.25) is 9.36 Å². The SMILES string of the molecule is Cn1c(Sc2ccnc(C(C)(C)C)n2)nc2ccccc2c1=O. The monoisotopic (exact) mass is 326 g/mol. The fourth-order valence-electron chi connectivity index (χ4n) is 2.14. The maximum absolute atomic E-state index is 12.4. The first-order valence-corrected chi connectivity index (χ1v) is 8.15. The zero-order chi connectivity index (χ0) is 16.6. The molecule has 2 heterocycles. The second-order valence-electron chi connectivity index (χ2n) is 6.35. The Labute approximate surface area is 138 Å². The quantitative estimate of drug-likeness (QED) is 0.535. The molecule has 2 aromatic heterocycles. The van der Waals surface area contributed by atoms with Crippen LogP contribution in [0, 0.1) is 0 Å². The van der Waals surface area contributed by atoms with Gasteiger partial charge in [0.2, 0.25) is 0 Å². The van der Waals surface area contributed by atoms with E-state index in [1.807, 2.05) is 24.3 Å². The minimum absolute atomic E-state index is 0.0526. The summed E-state index contributed by atoms with van der Waals surface area (Å²) in [6.45, 7) is 6.21. The van der Waals surface area contributed by atoms with Crippen molar-refractivity contribution in [2.75, 3.05) is 0 Å². The Kier molecular flexibility index (Phi) is 3.93. The second-order valence-corrected chi connectivity index (χ2v) is 7.33. The first-order chi connectivity index (χ1) is 10.9. The highest BCUT2D eigenvalue weighted by molar-refractivity contribution is 7.99. The molecule has 0 spiro atoms. The molecule has 3 aromatic rings. The Hall–Kier alpha value is -2.21. The molecule has 0 aliphatic heterocycles. The van der Waals surface area contributed by atoms with Gasteiger partial charge in [-0.05, 0) is 30.0 Å². The molecule has 0 aliphatic rings. The molecule has 0 radical (unpaired) electrons. The van der Waals surface area contributed by atoms with Crippen molar-refractivity contribution in [3.8, 4) is 0 Å². The lowest BCUT2D eigenvalue weighted by Crippen LogP contribution is -2.20. The van der Waals surface area contributed by atoms with Gasteiger partial charge >= 0.3 is 0 Å². The van der Waals surface area contributed by atoms with Crippen molar-refractivity contribution >= 4 is 22.7 Å². The van der Waals surface area contributed by atoms with E-state index in [-0.39, 0.29) is 11.0 Å². The standard InChI is InChI=1S/C17H18N4OS/c1-17(2,3)15-18-10-9-13(20-15)23-16-19-12-8-6-5-7-11(12)14(22)21(16)4/h5-10H,1-4H3. The van der Waals surface area contributed by atoms with E-state index in [1.54, 1.807) is 23.9 Å². The van der Waals surface area contributed by atoms with Gasteiger partial charge in [-0.15, -0.1) is 0 Å². The molecular weight excluding hydrogens is 308 g/mol. The van der Waals surface area contributed by atoms with Crippen molar-refractivity contribution in [2.24, 2.45) is 7.05 Å². The molecule has 0 saturated carbocycles. The molecule has 0 amide bonds. The summed E-state index contributed by atoms with van der Waals surface area (Å²) >= 11 is 1.37. The molecule has 118 valence electrons. The van der Waals surface area contributed by atoms with Gasteiger partial charge in [0, 0.05) is 18.7 Å². The summed E-state index contributed by atoms with van der Waals surface area (Å²) in [4.78, 5) is 25.9. The lowest BCUT2D eigenvalue weighted by Gasteiger charge is -2.16. The Bertz CT molecular complexity index is 928. The summed E-state index contributed by atoms with van der Waals surface area (Å²) in [5.41, 5.74) is 0.519. The normalized spacial score (nSPS) is 11.8. The summed E-state index contributed by atoms with van der Waals surface area (Å²) in [6, 6.07) is 9.20. The fourth-order valence-corrected chi connectivity index (χ4v) is 2.95. The smallest absolute Gasteiger partial charge is 0.261 e. The summed E-state index contributed by atoms with van der Waals surface area (Å²) < 4.78 is 1.56. The van der Waals surface area contributed by atoms with Crippen LogP contribution in [0.1, 0.15) is 26.6 Å². The predicted octanol–water partition coefficient (Wildman–Crippen LogP) is 3.17. The number of rotatable bonds is 2. The van der Waals surface area contributed by atoms with Crippen molar-refractivity contribution in [1.82, 2.24) is 19.5 Å². The first kappa shape index (κ1) is 15.7. The largest absolute Gasteiger partial charge is 0.290 e. The zero-order valence-corrected chi connectivity index (χ0v) is 14.4. The van der Waals surface area contributed by atoms with Crippen LogP contribution in [0.25, 0.3) is 10.9 Å². The summed E-state index contributed by atoms with van der Waals surface area (Å²) in [6.07, 6.45) is 1.75. The number of hydrogen-bond donors (Lipinski definition) is 0. The molecule has 1 aromatic carbocycles. The minimum atomic E-state index is -0.126. The van der Waals surface area contributed by atoms with Gasteiger partial charge in [0.1, 0.15) is 10.9 Å². The molecule has 0 saturated heterocycles. The maximum atomic E-state index is 12.4. The minimum Gasteiger partial charge on any atom is -0.290 e. The summed E-state index contributed by atoms with van der Waals surface area (Å²) in [5, 5.41) is 2.02. The highest BCUT2D eigenvalue weighted by Gasteiger charge is 2.18. The van der Waals surface area contributed by atoms with E-state index in [0.717, 1.165) is 10.9 Å². The second kappa shape index (κ2) is 5.77. The van der Waals surface area contributed by atoms with Gasteiger partial charge in [0.05, 0.1) is 10.9 Å². The third kappa shape index (κ3) is 3.12. The zero-order valence-electron chi connectivity index (χ0n) is 13.6. The van der Waals surface area contributed by atoms with Crippen molar-refractivity contribution in [3.05, 3.63) is 52.7 Å². The number of fused-ring (bicyclic) bond motifs is 1. The van der Waals surface area contributed by atoms with E-state index < -0.39 is 0 Å². The Morgan fingerprint density at radius 1 is 1.09 bits per heavy atom. The Morgan fingerprint density at radius 2 is 1.83 bits per heavy atom. The van der Waals surface area contributed by atoms with Gasteiger partial charge in [0.25, 0.3) is 5.56 Å². The first-order valence-electron chi connectivity index (χ1n) is 7.33. The van der Waals surface area contributed by atoms with E-state index in [9.17, 15) is 4.79 Å². The molecule has 6 heteroatoms. The highest BCUT2D eigenvalue weighted by atomic mass is 32.2. The van der Waals surface area contributed by atoms with E-state index in [0.29, 0.717) is 16.1 Å².